The summed E-state index contributed by atoms with van der Waals surface area (Å²) in [5.74, 6) is -0.699. The molecule has 2 amide bonds. The van der Waals surface area contributed by atoms with Crippen molar-refractivity contribution in [2.75, 3.05) is 26.2 Å². The van der Waals surface area contributed by atoms with Crippen molar-refractivity contribution < 1.29 is 14.0 Å². The average Bonchev–Trinajstić information content (AvgIpc) is 3.06. The zero-order valence-corrected chi connectivity index (χ0v) is 16.8. The summed E-state index contributed by atoms with van der Waals surface area (Å²) >= 11 is 0. The lowest BCUT2D eigenvalue weighted by Crippen LogP contribution is -2.37. The van der Waals surface area contributed by atoms with E-state index in [4.69, 9.17) is 0 Å². The fourth-order valence-corrected chi connectivity index (χ4v) is 3.60. The lowest BCUT2D eigenvalue weighted by Gasteiger charge is -2.22. The van der Waals surface area contributed by atoms with Gasteiger partial charge in [-0.15, -0.1) is 0 Å². The van der Waals surface area contributed by atoms with Gasteiger partial charge in [0, 0.05) is 62.1 Å². The molecular formula is C23H21FN4O3. The monoisotopic (exact) mass is 420 g/mol. The van der Waals surface area contributed by atoms with Crippen LogP contribution in [0.3, 0.4) is 0 Å². The number of carbonyl (C=O) groups is 2. The zero-order chi connectivity index (χ0) is 21.8. The second kappa shape index (κ2) is 8.91. The molecule has 0 spiro atoms. The van der Waals surface area contributed by atoms with Crippen LogP contribution in [-0.4, -0.2) is 57.3 Å². The van der Waals surface area contributed by atoms with Crippen molar-refractivity contribution in [1.82, 2.24) is 19.4 Å². The van der Waals surface area contributed by atoms with Crippen molar-refractivity contribution in [3.8, 4) is 5.69 Å². The molecule has 0 N–H and O–H groups in total. The van der Waals surface area contributed by atoms with Gasteiger partial charge in [-0.25, -0.2) is 4.39 Å². The molecule has 2 aromatic heterocycles. The first-order chi connectivity index (χ1) is 15.0. The number of hydrogen-bond donors (Lipinski definition) is 0. The number of pyridine rings is 2. The Morgan fingerprint density at radius 1 is 0.774 bits per heavy atom. The van der Waals surface area contributed by atoms with Crippen LogP contribution in [0.15, 0.2) is 71.9 Å². The summed E-state index contributed by atoms with van der Waals surface area (Å²) < 4.78 is 14.5. The van der Waals surface area contributed by atoms with Gasteiger partial charge in [-0.2, -0.15) is 0 Å². The molecule has 1 aromatic carbocycles. The molecule has 0 atom stereocenters. The summed E-state index contributed by atoms with van der Waals surface area (Å²) in [5.41, 5.74) is 1.10. The third kappa shape index (κ3) is 4.53. The second-order valence-electron chi connectivity index (χ2n) is 7.28. The van der Waals surface area contributed by atoms with E-state index in [2.05, 4.69) is 4.98 Å². The minimum Gasteiger partial charge on any atom is -0.337 e. The second-order valence-corrected chi connectivity index (χ2v) is 7.28. The first-order valence-electron chi connectivity index (χ1n) is 10.0. The van der Waals surface area contributed by atoms with Crippen LogP contribution in [0, 0.1) is 5.82 Å². The lowest BCUT2D eigenvalue weighted by molar-refractivity contribution is 0.0718. The minimum absolute atomic E-state index is 0.0819. The van der Waals surface area contributed by atoms with Crippen molar-refractivity contribution in [2.45, 2.75) is 6.42 Å². The summed E-state index contributed by atoms with van der Waals surface area (Å²) in [6.45, 7) is 1.88. The Balaban J connectivity index is 1.50. The molecule has 158 valence electrons. The first kappa shape index (κ1) is 20.5. The van der Waals surface area contributed by atoms with Gasteiger partial charge in [0.15, 0.2) is 0 Å². The van der Waals surface area contributed by atoms with E-state index in [1.54, 1.807) is 34.3 Å². The molecule has 4 rings (SSSR count). The number of amides is 2. The number of halogens is 1. The van der Waals surface area contributed by atoms with Crippen LogP contribution in [-0.2, 0) is 0 Å². The number of rotatable bonds is 3. The van der Waals surface area contributed by atoms with E-state index in [0.29, 0.717) is 49.4 Å². The summed E-state index contributed by atoms with van der Waals surface area (Å²) in [5, 5.41) is 0. The van der Waals surface area contributed by atoms with E-state index in [1.165, 1.54) is 47.2 Å². The zero-order valence-electron chi connectivity index (χ0n) is 16.8. The van der Waals surface area contributed by atoms with E-state index in [9.17, 15) is 18.8 Å². The molecule has 3 heterocycles. The summed E-state index contributed by atoms with van der Waals surface area (Å²) in [6.07, 6.45) is 5.29. The van der Waals surface area contributed by atoms with Gasteiger partial charge < -0.3 is 9.80 Å². The van der Waals surface area contributed by atoms with E-state index in [-0.39, 0.29) is 17.4 Å². The van der Waals surface area contributed by atoms with Crippen LogP contribution in [0.2, 0.25) is 0 Å². The molecule has 0 unspecified atom stereocenters. The Kier molecular flexibility index (Phi) is 5.88. The maximum atomic E-state index is 13.2. The molecule has 3 aromatic rings. The van der Waals surface area contributed by atoms with Gasteiger partial charge in [-0.1, -0.05) is 0 Å². The molecule has 0 bridgehead atoms. The van der Waals surface area contributed by atoms with E-state index in [0.717, 1.165) is 0 Å². The van der Waals surface area contributed by atoms with Crippen molar-refractivity contribution in [3.05, 3.63) is 94.4 Å². The highest BCUT2D eigenvalue weighted by atomic mass is 19.1. The molecule has 1 saturated heterocycles. The van der Waals surface area contributed by atoms with Crippen LogP contribution in [0.25, 0.3) is 5.69 Å². The Labute approximate surface area is 178 Å². The van der Waals surface area contributed by atoms with Gasteiger partial charge in [0.25, 0.3) is 17.4 Å². The maximum Gasteiger partial charge on any atom is 0.255 e. The van der Waals surface area contributed by atoms with Gasteiger partial charge in [-0.3, -0.25) is 23.9 Å². The molecule has 1 aliphatic rings. The predicted octanol–water partition coefficient (Wildman–Crippen LogP) is 2.36. The molecule has 0 aliphatic carbocycles. The predicted molar refractivity (Wildman–Crippen MR) is 113 cm³/mol. The van der Waals surface area contributed by atoms with E-state index >= 15 is 0 Å². The third-order valence-electron chi connectivity index (χ3n) is 5.26. The Bertz CT molecular complexity index is 1150. The van der Waals surface area contributed by atoms with Gasteiger partial charge in [0.05, 0.1) is 5.56 Å². The van der Waals surface area contributed by atoms with Crippen molar-refractivity contribution in [2.24, 2.45) is 0 Å². The largest absolute Gasteiger partial charge is 0.337 e. The highest BCUT2D eigenvalue weighted by Crippen LogP contribution is 2.13. The van der Waals surface area contributed by atoms with Crippen LogP contribution in [0.1, 0.15) is 27.1 Å². The topological polar surface area (TPSA) is 75.5 Å². The standard InChI is InChI=1S/C23H21FN4O3/c24-19-3-5-20(6-4-19)28-16-18(2-7-21(28)29)23(31)27-13-1-12-26(14-15-27)22(30)17-8-10-25-11-9-17/h2-11,16H,1,12-15H2. The SMILES string of the molecule is O=C(c1ccncc1)N1CCCN(C(=O)c2ccc(=O)n(-c3ccc(F)cc3)c2)CC1. The normalized spacial score (nSPS) is 14.2. The fraction of sp³-hybridized carbons (Fsp3) is 0.217. The van der Waals surface area contributed by atoms with E-state index in [1.807, 2.05) is 0 Å². The molecule has 31 heavy (non-hydrogen) atoms. The highest BCUT2D eigenvalue weighted by Gasteiger charge is 2.24. The quantitative estimate of drug-likeness (QED) is 0.652. The summed E-state index contributed by atoms with van der Waals surface area (Å²) in [4.78, 5) is 45.4. The molecule has 8 heteroatoms. The maximum absolute atomic E-state index is 13.2. The third-order valence-corrected chi connectivity index (χ3v) is 5.26. The molecule has 7 nitrogen and oxygen atoms in total. The van der Waals surface area contributed by atoms with Crippen LogP contribution >= 0.6 is 0 Å². The number of benzene rings is 1. The van der Waals surface area contributed by atoms with Gasteiger partial charge in [0.2, 0.25) is 0 Å². The highest BCUT2D eigenvalue weighted by molar-refractivity contribution is 5.95. The molecule has 1 aliphatic heterocycles. The number of carbonyl (C=O) groups excluding carboxylic acids is 2. The Morgan fingerprint density at radius 3 is 2.03 bits per heavy atom. The van der Waals surface area contributed by atoms with Gasteiger partial charge in [-0.05, 0) is 48.9 Å². The number of nitrogens with zero attached hydrogens (tertiary/aromatic N) is 4. The number of hydrogen-bond acceptors (Lipinski definition) is 4. The van der Waals surface area contributed by atoms with Crippen LogP contribution in [0.4, 0.5) is 4.39 Å². The number of aromatic nitrogens is 2. The van der Waals surface area contributed by atoms with Crippen molar-refractivity contribution in [1.29, 1.82) is 0 Å². The van der Waals surface area contributed by atoms with Crippen molar-refractivity contribution >= 4 is 11.8 Å². The average molecular weight is 420 g/mol. The lowest BCUT2D eigenvalue weighted by atomic mass is 10.2. The first-order valence-corrected chi connectivity index (χ1v) is 10.0. The Hall–Kier alpha value is -3.81. The molecule has 0 saturated carbocycles. The molecular weight excluding hydrogens is 399 g/mol. The smallest absolute Gasteiger partial charge is 0.255 e. The van der Waals surface area contributed by atoms with Crippen LogP contribution < -0.4 is 5.56 Å². The van der Waals surface area contributed by atoms with Crippen LogP contribution in [0.5, 0.6) is 0 Å². The van der Waals surface area contributed by atoms with E-state index < -0.39 is 5.82 Å². The van der Waals surface area contributed by atoms with Gasteiger partial charge >= 0.3 is 0 Å². The molecule has 1 fully saturated rings. The van der Waals surface area contributed by atoms with Crippen molar-refractivity contribution in [3.63, 3.8) is 0 Å². The van der Waals surface area contributed by atoms with Gasteiger partial charge in [0.1, 0.15) is 5.82 Å². The minimum atomic E-state index is -0.403. The molecule has 0 radical (unpaired) electrons. The fourth-order valence-electron chi connectivity index (χ4n) is 3.60. The Morgan fingerprint density at radius 2 is 1.39 bits per heavy atom. The summed E-state index contributed by atoms with van der Waals surface area (Å²) in [7, 11) is 0. The summed E-state index contributed by atoms with van der Waals surface area (Å²) in [6, 6.07) is 11.7.